The van der Waals surface area contributed by atoms with Gasteiger partial charge in [0.1, 0.15) is 0 Å². The summed E-state index contributed by atoms with van der Waals surface area (Å²) in [7, 11) is -3.24. The maximum absolute atomic E-state index is 11.3. The Kier molecular flexibility index (Phi) is 4.09. The van der Waals surface area contributed by atoms with E-state index in [0.717, 1.165) is 11.9 Å². The van der Waals surface area contributed by atoms with E-state index in [1.165, 1.54) is 22.8 Å². The summed E-state index contributed by atoms with van der Waals surface area (Å²) >= 11 is 0. The monoisotopic (exact) mass is 290 g/mol. The maximum atomic E-state index is 11.3. The second-order valence-corrected chi connectivity index (χ2v) is 6.97. The van der Waals surface area contributed by atoms with Crippen LogP contribution in [0.3, 0.4) is 0 Å². The number of hydrogen-bond donors (Lipinski definition) is 1. The summed E-state index contributed by atoms with van der Waals surface area (Å²) in [6.07, 6.45) is 2.69. The van der Waals surface area contributed by atoms with Crippen molar-refractivity contribution in [2.45, 2.75) is 25.4 Å². The second kappa shape index (κ2) is 5.63. The van der Waals surface area contributed by atoms with E-state index in [4.69, 9.17) is 0 Å². The molecule has 0 saturated heterocycles. The first-order chi connectivity index (χ1) is 9.34. The van der Waals surface area contributed by atoms with Crippen LogP contribution in [-0.4, -0.2) is 19.7 Å². The fraction of sp³-hybridized carbons (Fsp3) is 0.267. The number of nitrogens with one attached hydrogen (secondary N) is 1. The van der Waals surface area contributed by atoms with Gasteiger partial charge in [-0.3, -0.25) is 0 Å². The third-order valence-corrected chi connectivity index (χ3v) is 3.90. The van der Waals surface area contributed by atoms with Gasteiger partial charge in [0.05, 0.1) is 11.9 Å². The lowest BCUT2D eigenvalue weighted by Crippen LogP contribution is -2.03. The van der Waals surface area contributed by atoms with Crippen LogP contribution in [0.5, 0.6) is 0 Å². The van der Waals surface area contributed by atoms with E-state index >= 15 is 0 Å². The Morgan fingerprint density at radius 1 is 1.10 bits per heavy atom. The number of rotatable bonds is 4. The predicted octanol–water partition coefficient (Wildman–Crippen LogP) is 2.71. The molecule has 1 aromatic heterocycles. The van der Waals surface area contributed by atoms with Crippen LogP contribution >= 0.6 is 0 Å². The number of pyridine rings is 1. The standard InChI is InChI=1S/C15H18N2O2S/c1-11-6-12(2)8-13(7-11)9-16-14-4-5-15(17-10-14)20(3,18)19/h4-8,10,16H,9H2,1-3H3. The molecule has 4 nitrogen and oxygen atoms in total. The summed E-state index contributed by atoms with van der Waals surface area (Å²) < 4.78 is 22.6. The Bertz CT molecular complexity index is 687. The van der Waals surface area contributed by atoms with Gasteiger partial charge in [-0.2, -0.15) is 0 Å². The van der Waals surface area contributed by atoms with E-state index in [9.17, 15) is 8.42 Å². The molecule has 0 aliphatic carbocycles. The van der Waals surface area contributed by atoms with Crippen molar-refractivity contribution < 1.29 is 8.42 Å². The van der Waals surface area contributed by atoms with Crippen LogP contribution < -0.4 is 5.32 Å². The van der Waals surface area contributed by atoms with E-state index in [-0.39, 0.29) is 5.03 Å². The highest BCUT2D eigenvalue weighted by Gasteiger charge is 2.07. The summed E-state index contributed by atoms with van der Waals surface area (Å²) in [4.78, 5) is 3.95. The quantitative estimate of drug-likeness (QED) is 0.940. The number of aromatic nitrogens is 1. The smallest absolute Gasteiger partial charge is 0.192 e. The molecule has 106 valence electrons. The van der Waals surface area contributed by atoms with E-state index in [1.54, 1.807) is 12.3 Å². The molecule has 5 heteroatoms. The molecule has 0 fully saturated rings. The lowest BCUT2D eigenvalue weighted by molar-refractivity contribution is 0.598. The van der Waals surface area contributed by atoms with Crippen LogP contribution in [0.1, 0.15) is 16.7 Å². The molecule has 0 atom stereocenters. The molecule has 2 aromatic rings. The molecule has 0 amide bonds. The van der Waals surface area contributed by atoms with Gasteiger partial charge in [-0.25, -0.2) is 13.4 Å². The molecule has 0 aliphatic heterocycles. The van der Waals surface area contributed by atoms with Gasteiger partial charge in [0.25, 0.3) is 0 Å². The second-order valence-electron chi connectivity index (χ2n) is 5.01. The summed E-state index contributed by atoms with van der Waals surface area (Å²) in [5.74, 6) is 0. The summed E-state index contributed by atoms with van der Waals surface area (Å²) in [5.41, 5.74) is 4.45. The van der Waals surface area contributed by atoms with Crippen LogP contribution in [0, 0.1) is 13.8 Å². The lowest BCUT2D eigenvalue weighted by atomic mass is 10.1. The molecule has 0 radical (unpaired) electrons. The van der Waals surface area contributed by atoms with Gasteiger partial charge in [-0.05, 0) is 31.5 Å². The third-order valence-electron chi connectivity index (χ3n) is 2.89. The molecule has 0 unspecified atom stereocenters. The number of sulfone groups is 1. The van der Waals surface area contributed by atoms with E-state index in [1.807, 2.05) is 0 Å². The van der Waals surface area contributed by atoms with Crippen LogP contribution in [0.15, 0.2) is 41.6 Å². The van der Waals surface area contributed by atoms with Crippen molar-refractivity contribution in [2.24, 2.45) is 0 Å². The van der Waals surface area contributed by atoms with Crippen molar-refractivity contribution in [3.8, 4) is 0 Å². The molecule has 2 rings (SSSR count). The van der Waals surface area contributed by atoms with E-state index in [2.05, 4.69) is 42.3 Å². The number of nitrogens with zero attached hydrogens (tertiary/aromatic N) is 1. The zero-order chi connectivity index (χ0) is 14.8. The molecule has 20 heavy (non-hydrogen) atoms. The fourth-order valence-corrected chi connectivity index (χ4v) is 2.64. The molecule has 1 aromatic carbocycles. The number of hydrogen-bond acceptors (Lipinski definition) is 4. The summed E-state index contributed by atoms with van der Waals surface area (Å²) in [6.45, 7) is 4.82. The van der Waals surface area contributed by atoms with Crippen molar-refractivity contribution in [3.05, 3.63) is 53.2 Å². The minimum atomic E-state index is -3.24. The maximum Gasteiger partial charge on any atom is 0.192 e. The van der Waals surface area contributed by atoms with Crippen LogP contribution in [0.4, 0.5) is 5.69 Å². The first kappa shape index (κ1) is 14.5. The number of anilines is 1. The van der Waals surface area contributed by atoms with Gasteiger partial charge < -0.3 is 5.32 Å². The zero-order valence-corrected chi connectivity index (χ0v) is 12.7. The van der Waals surface area contributed by atoms with Gasteiger partial charge >= 0.3 is 0 Å². The van der Waals surface area contributed by atoms with Crippen molar-refractivity contribution in [1.82, 2.24) is 4.98 Å². The van der Waals surface area contributed by atoms with Crippen molar-refractivity contribution in [1.29, 1.82) is 0 Å². The first-order valence-corrected chi connectivity index (χ1v) is 8.21. The lowest BCUT2D eigenvalue weighted by Gasteiger charge is -2.08. The summed E-state index contributed by atoms with van der Waals surface area (Å²) in [6, 6.07) is 9.62. The summed E-state index contributed by atoms with van der Waals surface area (Å²) in [5, 5.41) is 3.33. The topological polar surface area (TPSA) is 59.1 Å². The van der Waals surface area contributed by atoms with Crippen molar-refractivity contribution >= 4 is 15.5 Å². The number of benzene rings is 1. The molecular weight excluding hydrogens is 272 g/mol. The van der Waals surface area contributed by atoms with Gasteiger partial charge in [-0.1, -0.05) is 29.3 Å². The Balaban J connectivity index is 2.07. The first-order valence-electron chi connectivity index (χ1n) is 6.32. The Morgan fingerprint density at radius 3 is 2.25 bits per heavy atom. The van der Waals surface area contributed by atoms with Crippen molar-refractivity contribution in [3.63, 3.8) is 0 Å². The average molecular weight is 290 g/mol. The highest BCUT2D eigenvalue weighted by Crippen LogP contribution is 2.13. The third kappa shape index (κ3) is 3.81. The molecule has 0 bridgehead atoms. The number of aryl methyl sites for hydroxylation is 2. The molecule has 0 saturated carbocycles. The van der Waals surface area contributed by atoms with Crippen LogP contribution in [0.2, 0.25) is 0 Å². The van der Waals surface area contributed by atoms with Gasteiger partial charge in [0.15, 0.2) is 14.9 Å². The fourth-order valence-electron chi connectivity index (χ4n) is 2.08. The minimum Gasteiger partial charge on any atom is -0.380 e. The van der Waals surface area contributed by atoms with Crippen molar-refractivity contribution in [2.75, 3.05) is 11.6 Å². The SMILES string of the molecule is Cc1cc(C)cc(CNc2ccc(S(C)(=O)=O)nc2)c1. The predicted molar refractivity (Wildman–Crippen MR) is 80.6 cm³/mol. The van der Waals surface area contributed by atoms with Gasteiger partial charge in [0.2, 0.25) is 0 Å². The molecular formula is C15H18N2O2S. The molecule has 0 spiro atoms. The Hall–Kier alpha value is -1.88. The Morgan fingerprint density at radius 2 is 1.75 bits per heavy atom. The highest BCUT2D eigenvalue weighted by atomic mass is 32.2. The van der Waals surface area contributed by atoms with Gasteiger partial charge in [0, 0.05) is 12.8 Å². The molecule has 1 N–H and O–H groups in total. The molecule has 1 heterocycles. The highest BCUT2D eigenvalue weighted by molar-refractivity contribution is 7.90. The minimum absolute atomic E-state index is 0.0921. The normalized spacial score (nSPS) is 11.3. The average Bonchev–Trinajstić information content (AvgIpc) is 2.35. The van der Waals surface area contributed by atoms with E-state index in [0.29, 0.717) is 6.54 Å². The largest absolute Gasteiger partial charge is 0.380 e. The molecule has 0 aliphatic rings. The van der Waals surface area contributed by atoms with Crippen LogP contribution in [-0.2, 0) is 16.4 Å². The zero-order valence-electron chi connectivity index (χ0n) is 11.8. The van der Waals surface area contributed by atoms with Gasteiger partial charge in [-0.15, -0.1) is 0 Å². The van der Waals surface area contributed by atoms with Crippen LogP contribution in [0.25, 0.3) is 0 Å². The van der Waals surface area contributed by atoms with E-state index < -0.39 is 9.84 Å². The Labute approximate surface area is 119 Å².